The number of rotatable bonds is 10. The Bertz CT molecular complexity index is 1220. The summed E-state index contributed by atoms with van der Waals surface area (Å²) in [6.45, 7) is 0.750. The molecule has 0 saturated carbocycles. The Balaban J connectivity index is 1.86. The minimum atomic E-state index is -2.18. The molecule has 1 unspecified atom stereocenters. The molecular formula is C19H22N7O9P. The van der Waals surface area contributed by atoms with E-state index in [1.165, 1.54) is 31.3 Å². The molecule has 3 rings (SSSR count). The summed E-state index contributed by atoms with van der Waals surface area (Å²) >= 11 is 0. The van der Waals surface area contributed by atoms with Crippen LogP contribution < -0.4 is 21.0 Å². The Labute approximate surface area is 204 Å². The number of nitrogens with two attached hydrogens (primary N) is 1. The van der Waals surface area contributed by atoms with Gasteiger partial charge in [0, 0.05) is 11.1 Å². The van der Waals surface area contributed by atoms with E-state index in [-0.39, 0.29) is 17.3 Å². The van der Waals surface area contributed by atoms with E-state index < -0.39 is 57.1 Å². The predicted octanol–water partition coefficient (Wildman–Crippen LogP) is 0.526. The monoisotopic (exact) mass is 523 g/mol. The van der Waals surface area contributed by atoms with E-state index in [0.717, 1.165) is 16.5 Å². The number of aliphatic hydroxyl groups is 2. The van der Waals surface area contributed by atoms with Gasteiger partial charge < -0.3 is 35.0 Å². The number of azide groups is 1. The molecule has 5 atom stereocenters. The zero-order chi connectivity index (χ0) is 26.5. The number of esters is 1. The first-order valence-electron chi connectivity index (χ1n) is 10.2. The number of benzene rings is 1. The average Bonchev–Trinajstić information content (AvgIpc) is 3.11. The van der Waals surface area contributed by atoms with Crippen LogP contribution in [0.5, 0.6) is 11.5 Å². The summed E-state index contributed by atoms with van der Waals surface area (Å²) in [5.41, 5.74) is 11.5. The van der Waals surface area contributed by atoms with Gasteiger partial charge in [0.15, 0.2) is 23.8 Å². The van der Waals surface area contributed by atoms with Crippen LogP contribution in [0.3, 0.4) is 0 Å². The van der Waals surface area contributed by atoms with Crippen molar-refractivity contribution in [3.05, 3.63) is 57.5 Å². The molecule has 1 aromatic carbocycles. The topological polar surface area (TPSA) is 224 Å². The lowest BCUT2D eigenvalue weighted by Crippen LogP contribution is -2.46. The summed E-state index contributed by atoms with van der Waals surface area (Å²) in [7, 11) is 0.502. The van der Waals surface area contributed by atoms with Gasteiger partial charge in [0.05, 0.1) is 7.11 Å². The Morgan fingerprint density at radius 2 is 2.11 bits per heavy atom. The van der Waals surface area contributed by atoms with Crippen molar-refractivity contribution in [2.24, 2.45) is 5.11 Å². The van der Waals surface area contributed by atoms with Gasteiger partial charge in [-0.05, 0) is 35.5 Å². The van der Waals surface area contributed by atoms with Gasteiger partial charge in [0.25, 0.3) is 8.61 Å². The number of carbonyl (C=O) groups excluding carboxylic acids is 1. The van der Waals surface area contributed by atoms with Crippen LogP contribution in [0.4, 0.5) is 5.82 Å². The first-order chi connectivity index (χ1) is 17.2. The minimum Gasteiger partial charge on any atom is -0.486 e. The van der Waals surface area contributed by atoms with E-state index in [1.54, 1.807) is 12.1 Å². The zero-order valence-corrected chi connectivity index (χ0v) is 19.8. The van der Waals surface area contributed by atoms with Crippen LogP contribution in [0.25, 0.3) is 10.4 Å². The van der Waals surface area contributed by atoms with Crippen LogP contribution in [-0.4, -0.2) is 68.3 Å². The highest BCUT2D eigenvalue weighted by Gasteiger charge is 2.56. The molecule has 16 nitrogen and oxygen atoms in total. The molecule has 0 spiro atoms. The molecule has 36 heavy (non-hydrogen) atoms. The molecule has 1 aliphatic heterocycles. The molecule has 0 radical (unpaired) electrons. The summed E-state index contributed by atoms with van der Waals surface area (Å²) in [6.07, 6.45) is -3.84. The van der Waals surface area contributed by atoms with Gasteiger partial charge in [-0.15, -0.1) is 0 Å². The van der Waals surface area contributed by atoms with E-state index in [0.29, 0.717) is 0 Å². The van der Waals surface area contributed by atoms with E-state index in [2.05, 4.69) is 19.7 Å². The lowest BCUT2D eigenvalue weighted by molar-refractivity contribution is -0.151. The largest absolute Gasteiger partial charge is 0.486 e. The number of hydroxylamine groups is 1. The Kier molecular flexibility index (Phi) is 8.42. The van der Waals surface area contributed by atoms with Gasteiger partial charge in [-0.3, -0.25) is 13.9 Å². The fraction of sp³-hybridized carbons (Fsp3) is 0.421. The lowest BCUT2D eigenvalue weighted by atomic mass is 10.1. The van der Waals surface area contributed by atoms with E-state index in [4.69, 9.17) is 25.6 Å². The van der Waals surface area contributed by atoms with E-state index >= 15 is 0 Å². The van der Waals surface area contributed by atoms with Gasteiger partial charge in [-0.25, -0.2) is 4.79 Å². The molecule has 4 N–H and O–H groups in total. The first kappa shape index (κ1) is 26.8. The SMILES string of the molecule is COC(=O)C(C)N(Oc1ccccc1OC[C@@]1(N=[N+]=[N-])O[C@@H](n2ccc(N)nc2=O)[C@H](O)[C@@H]1O)P=O. The second-order valence-electron chi connectivity index (χ2n) is 7.43. The molecule has 0 aliphatic carbocycles. The molecule has 17 heteroatoms. The first-order valence-corrected chi connectivity index (χ1v) is 11.0. The van der Waals surface area contributed by atoms with Gasteiger partial charge >= 0.3 is 11.7 Å². The molecule has 2 aromatic rings. The van der Waals surface area contributed by atoms with Gasteiger partial charge in [0.2, 0.25) is 5.72 Å². The number of nitrogen functional groups attached to an aromatic ring is 1. The molecular weight excluding hydrogens is 501 g/mol. The van der Waals surface area contributed by atoms with Crippen LogP contribution in [0.2, 0.25) is 0 Å². The number of hydrogen-bond donors (Lipinski definition) is 3. The standard InChI is InChI=1S/C19H22N7O9P/c1-10(17(29)32-2)26(36-31)35-12-6-4-3-5-11(12)33-9-19(23-24-21)15(28)14(27)16(34-19)25-8-7-13(20)22-18(25)30/h3-8,10,14-16,27-28H,9H2,1-2H3,(H2,20,22,30)/t10?,14-,15+,16-,19-/m1/s1. The van der Waals surface area contributed by atoms with E-state index in [1.807, 2.05) is 0 Å². The van der Waals surface area contributed by atoms with Crippen molar-refractivity contribution in [1.82, 2.24) is 14.4 Å². The van der Waals surface area contributed by atoms with Crippen molar-refractivity contribution in [2.45, 2.75) is 37.1 Å². The molecule has 2 heterocycles. The van der Waals surface area contributed by atoms with Crippen molar-refractivity contribution in [3.8, 4) is 11.5 Å². The van der Waals surface area contributed by atoms with Crippen LogP contribution >= 0.6 is 8.61 Å². The number of hydrogen-bond acceptors (Lipinski definition) is 12. The normalized spacial score (nSPS) is 24.2. The maximum Gasteiger partial charge on any atom is 0.351 e. The lowest BCUT2D eigenvalue weighted by Gasteiger charge is -2.27. The summed E-state index contributed by atoms with van der Waals surface area (Å²) in [5.74, 6) is -0.778. The van der Waals surface area contributed by atoms with Gasteiger partial charge in [0.1, 0.15) is 24.6 Å². The highest BCUT2D eigenvalue weighted by Crippen LogP contribution is 2.39. The molecule has 1 fully saturated rings. The summed E-state index contributed by atoms with van der Waals surface area (Å²) in [6, 6.07) is 6.22. The molecule has 0 amide bonds. The molecule has 1 aromatic heterocycles. The summed E-state index contributed by atoms with van der Waals surface area (Å²) < 4.78 is 28.4. The van der Waals surface area contributed by atoms with Crippen LogP contribution in [0.1, 0.15) is 13.2 Å². The van der Waals surface area contributed by atoms with Crippen molar-refractivity contribution in [1.29, 1.82) is 0 Å². The molecule has 1 saturated heterocycles. The second-order valence-corrected chi connectivity index (χ2v) is 7.99. The van der Waals surface area contributed by atoms with Gasteiger partial charge in [-0.2, -0.15) is 4.98 Å². The van der Waals surface area contributed by atoms with Crippen molar-refractivity contribution in [2.75, 3.05) is 19.5 Å². The highest BCUT2D eigenvalue weighted by molar-refractivity contribution is 7.20. The summed E-state index contributed by atoms with van der Waals surface area (Å²) in [5, 5.41) is 24.8. The maximum atomic E-state index is 12.2. The van der Waals surface area contributed by atoms with Crippen molar-refractivity contribution < 1.29 is 38.6 Å². The van der Waals surface area contributed by atoms with Crippen molar-refractivity contribution in [3.63, 3.8) is 0 Å². The fourth-order valence-electron chi connectivity index (χ4n) is 3.27. The third-order valence-electron chi connectivity index (χ3n) is 5.17. The quantitative estimate of drug-likeness (QED) is 0.0968. The molecule has 192 valence electrons. The second kappa shape index (κ2) is 11.3. The predicted molar refractivity (Wildman–Crippen MR) is 120 cm³/mol. The number of aliphatic hydroxyl groups excluding tert-OH is 2. The number of carbonyl (C=O) groups is 1. The van der Waals surface area contributed by atoms with Gasteiger partial charge in [-0.1, -0.05) is 17.2 Å². The summed E-state index contributed by atoms with van der Waals surface area (Å²) in [4.78, 5) is 36.5. The van der Waals surface area contributed by atoms with Crippen LogP contribution in [-0.2, 0) is 18.8 Å². The van der Waals surface area contributed by atoms with Crippen LogP contribution in [0, 0.1) is 0 Å². The number of ether oxygens (including phenoxy) is 3. The molecule has 1 aliphatic rings. The highest BCUT2D eigenvalue weighted by atomic mass is 31.1. The smallest absolute Gasteiger partial charge is 0.351 e. The minimum absolute atomic E-state index is 0.00349. The number of anilines is 1. The maximum absolute atomic E-state index is 12.2. The van der Waals surface area contributed by atoms with Crippen molar-refractivity contribution >= 4 is 20.4 Å². The van der Waals surface area contributed by atoms with Crippen LogP contribution in [0.15, 0.2) is 46.4 Å². The Morgan fingerprint density at radius 1 is 1.42 bits per heavy atom. The third kappa shape index (κ3) is 5.39. The Morgan fingerprint density at radius 3 is 2.72 bits per heavy atom. The number of nitrogens with zero attached hydrogens (tertiary/aromatic N) is 6. The molecule has 0 bridgehead atoms. The number of aromatic nitrogens is 2. The number of para-hydroxylation sites is 2. The number of methoxy groups -OCH3 is 1. The fourth-order valence-corrected chi connectivity index (χ4v) is 3.63. The Hall–Kier alpha value is -3.78. The third-order valence-corrected chi connectivity index (χ3v) is 5.76. The van der Waals surface area contributed by atoms with E-state index in [9.17, 15) is 24.4 Å². The average molecular weight is 523 g/mol. The zero-order valence-electron chi connectivity index (χ0n) is 18.9.